The predicted molar refractivity (Wildman–Crippen MR) is 72.3 cm³/mol. The lowest BCUT2D eigenvalue weighted by atomic mass is 10.1. The van der Waals surface area contributed by atoms with Crippen LogP contribution in [-0.4, -0.2) is 35.9 Å². The summed E-state index contributed by atoms with van der Waals surface area (Å²) in [5.41, 5.74) is -0.904. The maximum absolute atomic E-state index is 13.2. The van der Waals surface area contributed by atoms with E-state index in [1.54, 1.807) is 20.8 Å². The van der Waals surface area contributed by atoms with Gasteiger partial charge in [0.25, 0.3) is 0 Å². The molecule has 0 bridgehead atoms. The summed E-state index contributed by atoms with van der Waals surface area (Å²) < 4.78 is 52.1. The molecule has 0 radical (unpaired) electrons. The van der Waals surface area contributed by atoms with Gasteiger partial charge in [0.05, 0.1) is 11.3 Å². The van der Waals surface area contributed by atoms with Crippen LogP contribution >= 0.6 is 0 Å². The topological polar surface area (TPSA) is 74.7 Å². The Morgan fingerprint density at radius 2 is 1.81 bits per heavy atom. The molecule has 0 fully saturated rings. The van der Waals surface area contributed by atoms with Crippen LogP contribution in [0.25, 0.3) is 0 Å². The standard InChI is InChI=1S/C13H17F2NO4S/c1-13(2,3)16(7-6-12(17)18)21(19,20)9-4-5-10(14)11(15)8-9/h4-5,8H,6-7H2,1-3H3,(H,17,18). The smallest absolute Gasteiger partial charge is 0.304 e. The zero-order valence-electron chi connectivity index (χ0n) is 11.9. The lowest BCUT2D eigenvalue weighted by Crippen LogP contribution is -2.46. The monoisotopic (exact) mass is 321 g/mol. The van der Waals surface area contributed by atoms with Gasteiger partial charge in [-0.25, -0.2) is 17.2 Å². The molecular weight excluding hydrogens is 304 g/mol. The molecule has 0 aromatic heterocycles. The summed E-state index contributed by atoms with van der Waals surface area (Å²) in [6.45, 7) is 4.50. The van der Waals surface area contributed by atoms with Gasteiger partial charge in [-0.15, -0.1) is 0 Å². The average molecular weight is 321 g/mol. The first-order chi connectivity index (χ1) is 9.46. The molecule has 1 aromatic carbocycles. The zero-order valence-corrected chi connectivity index (χ0v) is 12.7. The summed E-state index contributed by atoms with van der Waals surface area (Å²) in [7, 11) is -4.13. The van der Waals surface area contributed by atoms with Gasteiger partial charge in [-0.3, -0.25) is 4.79 Å². The molecule has 21 heavy (non-hydrogen) atoms. The Balaban J connectivity index is 3.26. The Hall–Kier alpha value is -1.54. The minimum absolute atomic E-state index is 0.264. The molecular formula is C13H17F2NO4S. The Morgan fingerprint density at radius 1 is 1.24 bits per heavy atom. The van der Waals surface area contributed by atoms with Crippen molar-refractivity contribution in [3.05, 3.63) is 29.8 Å². The van der Waals surface area contributed by atoms with Gasteiger partial charge in [-0.2, -0.15) is 4.31 Å². The highest BCUT2D eigenvalue weighted by atomic mass is 32.2. The molecule has 0 aliphatic heterocycles. The van der Waals surface area contributed by atoms with Crippen molar-refractivity contribution in [3.8, 4) is 0 Å². The molecule has 0 saturated heterocycles. The molecule has 0 spiro atoms. The Morgan fingerprint density at radius 3 is 2.24 bits per heavy atom. The largest absolute Gasteiger partial charge is 0.481 e. The average Bonchev–Trinajstić information content (AvgIpc) is 2.30. The number of hydrogen-bond donors (Lipinski definition) is 1. The van der Waals surface area contributed by atoms with E-state index in [0.29, 0.717) is 6.07 Å². The molecule has 5 nitrogen and oxygen atoms in total. The second-order valence-electron chi connectivity index (χ2n) is 5.47. The Labute approximate surface area is 122 Å². The van der Waals surface area contributed by atoms with Crippen molar-refractivity contribution in [1.29, 1.82) is 0 Å². The third kappa shape index (κ3) is 4.21. The van der Waals surface area contributed by atoms with E-state index < -0.39 is 38.1 Å². The Bertz CT molecular complexity index is 638. The maximum atomic E-state index is 13.2. The predicted octanol–water partition coefficient (Wildman–Crippen LogP) is 2.23. The van der Waals surface area contributed by atoms with Crippen LogP contribution in [0, 0.1) is 11.6 Å². The number of carbonyl (C=O) groups is 1. The van der Waals surface area contributed by atoms with Crippen molar-refractivity contribution in [1.82, 2.24) is 4.31 Å². The first kappa shape index (κ1) is 17.5. The molecule has 1 aromatic rings. The lowest BCUT2D eigenvalue weighted by molar-refractivity contribution is -0.137. The van der Waals surface area contributed by atoms with Crippen LogP contribution in [-0.2, 0) is 14.8 Å². The van der Waals surface area contributed by atoms with Crippen LogP contribution in [0.3, 0.4) is 0 Å². The maximum Gasteiger partial charge on any atom is 0.304 e. The van der Waals surface area contributed by atoms with Crippen molar-refractivity contribution in [2.75, 3.05) is 6.54 Å². The van der Waals surface area contributed by atoms with Crippen molar-refractivity contribution in [2.24, 2.45) is 0 Å². The summed E-state index contributed by atoms with van der Waals surface area (Å²) in [4.78, 5) is 10.2. The van der Waals surface area contributed by atoms with Crippen molar-refractivity contribution >= 4 is 16.0 Å². The third-order valence-electron chi connectivity index (χ3n) is 2.76. The van der Waals surface area contributed by atoms with E-state index >= 15 is 0 Å². The van der Waals surface area contributed by atoms with Crippen LogP contribution < -0.4 is 0 Å². The molecule has 1 N–H and O–H groups in total. The van der Waals surface area contributed by atoms with Gasteiger partial charge in [-0.05, 0) is 39.0 Å². The molecule has 0 heterocycles. The molecule has 8 heteroatoms. The summed E-state index contributed by atoms with van der Waals surface area (Å²) >= 11 is 0. The quantitative estimate of drug-likeness (QED) is 0.902. The Kier molecular flexibility index (Phi) is 5.06. The van der Waals surface area contributed by atoms with Crippen molar-refractivity contribution < 1.29 is 27.1 Å². The summed E-state index contributed by atoms with van der Waals surface area (Å²) in [5.74, 6) is -3.57. The number of carboxylic acids is 1. The number of halogens is 2. The fourth-order valence-corrected chi connectivity index (χ4v) is 3.58. The van der Waals surface area contributed by atoms with Gasteiger partial charge in [0, 0.05) is 12.1 Å². The highest BCUT2D eigenvalue weighted by molar-refractivity contribution is 7.89. The van der Waals surface area contributed by atoms with Crippen LogP contribution in [0.5, 0.6) is 0 Å². The van der Waals surface area contributed by atoms with Gasteiger partial charge in [0.15, 0.2) is 11.6 Å². The van der Waals surface area contributed by atoms with E-state index in [4.69, 9.17) is 5.11 Å². The number of nitrogens with zero attached hydrogens (tertiary/aromatic N) is 1. The molecule has 0 unspecified atom stereocenters. The zero-order chi connectivity index (χ0) is 16.4. The molecule has 0 saturated carbocycles. The lowest BCUT2D eigenvalue weighted by Gasteiger charge is -2.34. The molecule has 0 amide bonds. The van der Waals surface area contributed by atoms with Gasteiger partial charge in [-0.1, -0.05) is 0 Å². The number of sulfonamides is 1. The molecule has 1 rings (SSSR count). The molecule has 0 aliphatic carbocycles. The third-order valence-corrected chi connectivity index (χ3v) is 4.92. The van der Waals surface area contributed by atoms with E-state index in [1.807, 2.05) is 0 Å². The minimum atomic E-state index is -4.13. The molecule has 118 valence electrons. The van der Waals surface area contributed by atoms with Crippen LogP contribution in [0.15, 0.2) is 23.1 Å². The number of carboxylic acid groups (broad SMARTS) is 1. The van der Waals surface area contributed by atoms with E-state index in [0.717, 1.165) is 16.4 Å². The van der Waals surface area contributed by atoms with Gasteiger partial charge in [0.2, 0.25) is 10.0 Å². The van der Waals surface area contributed by atoms with Crippen LogP contribution in [0.4, 0.5) is 8.78 Å². The summed E-state index contributed by atoms with van der Waals surface area (Å²) in [5, 5.41) is 8.71. The normalized spacial score (nSPS) is 12.7. The SMILES string of the molecule is CC(C)(C)N(CCC(=O)O)S(=O)(=O)c1ccc(F)c(F)c1. The molecule has 0 aliphatic rings. The second kappa shape index (κ2) is 6.07. The van der Waals surface area contributed by atoms with E-state index in [2.05, 4.69) is 0 Å². The highest BCUT2D eigenvalue weighted by Crippen LogP contribution is 2.25. The van der Waals surface area contributed by atoms with Gasteiger partial charge >= 0.3 is 5.97 Å². The molecule has 0 atom stereocenters. The van der Waals surface area contributed by atoms with E-state index in [1.165, 1.54) is 0 Å². The number of aliphatic carboxylic acids is 1. The summed E-state index contributed by atoms with van der Waals surface area (Å²) in [6.07, 6.45) is -0.389. The second-order valence-corrected chi connectivity index (χ2v) is 7.33. The first-order valence-corrected chi connectivity index (χ1v) is 7.60. The number of rotatable bonds is 5. The van der Waals surface area contributed by atoms with Crippen LogP contribution in [0.2, 0.25) is 0 Å². The number of benzene rings is 1. The van der Waals surface area contributed by atoms with Crippen LogP contribution in [0.1, 0.15) is 27.2 Å². The first-order valence-electron chi connectivity index (χ1n) is 6.16. The fourth-order valence-electron chi connectivity index (χ4n) is 1.78. The van der Waals surface area contributed by atoms with Crippen molar-refractivity contribution in [3.63, 3.8) is 0 Å². The van der Waals surface area contributed by atoms with Crippen molar-refractivity contribution in [2.45, 2.75) is 37.6 Å². The number of hydrogen-bond acceptors (Lipinski definition) is 3. The minimum Gasteiger partial charge on any atom is -0.481 e. The fraction of sp³-hybridized carbons (Fsp3) is 0.462. The summed E-state index contributed by atoms with van der Waals surface area (Å²) in [6, 6.07) is 2.26. The van der Waals surface area contributed by atoms with E-state index in [9.17, 15) is 22.0 Å². The van der Waals surface area contributed by atoms with E-state index in [-0.39, 0.29) is 13.0 Å². The van der Waals surface area contributed by atoms with Gasteiger partial charge < -0.3 is 5.11 Å². The van der Waals surface area contributed by atoms with Gasteiger partial charge in [0.1, 0.15) is 0 Å². The highest BCUT2D eigenvalue weighted by Gasteiger charge is 2.34.